The van der Waals surface area contributed by atoms with Crippen LogP contribution in [0.4, 0.5) is 0 Å². The Morgan fingerprint density at radius 1 is 0.938 bits per heavy atom. The molecule has 32 heavy (non-hydrogen) atoms. The summed E-state index contributed by atoms with van der Waals surface area (Å²) in [5, 5.41) is 10.4. The molecule has 0 bridgehead atoms. The lowest BCUT2D eigenvalue weighted by atomic mass is 9.49. The van der Waals surface area contributed by atoms with Crippen LogP contribution in [0.5, 0.6) is 0 Å². The fraction of sp³-hybridized carbons (Fsp3) is 1.00. The Bertz CT molecular complexity index is 620. The van der Waals surface area contributed by atoms with Gasteiger partial charge in [0.25, 0.3) is 0 Å². The van der Waals surface area contributed by atoms with Crippen LogP contribution in [0, 0.1) is 46.3 Å². The van der Waals surface area contributed by atoms with Crippen LogP contribution in [0.3, 0.4) is 0 Å². The Morgan fingerprint density at radius 3 is 2.38 bits per heavy atom. The minimum atomic E-state index is -0.205. The van der Waals surface area contributed by atoms with Crippen LogP contribution in [0.1, 0.15) is 112 Å². The van der Waals surface area contributed by atoms with E-state index in [1.54, 1.807) is 0 Å². The van der Waals surface area contributed by atoms with E-state index in [0.717, 1.165) is 55.3 Å². The molecule has 0 spiro atoms. The Morgan fingerprint density at radius 2 is 1.66 bits per heavy atom. The van der Waals surface area contributed by atoms with Gasteiger partial charge in [-0.05, 0) is 91.8 Å². The largest absolute Gasteiger partial charge is 0.393 e. The maximum atomic E-state index is 10.4. The number of rotatable bonds is 7. The van der Waals surface area contributed by atoms with Crippen LogP contribution < -0.4 is 0 Å². The molecule has 1 N–H and O–H groups in total. The van der Waals surface area contributed by atoms with E-state index in [1.807, 2.05) is 0 Å². The molecule has 0 radical (unpaired) electrons. The van der Waals surface area contributed by atoms with Gasteiger partial charge in [-0.25, -0.2) is 0 Å². The van der Waals surface area contributed by atoms with Crippen molar-refractivity contribution in [2.75, 3.05) is 6.61 Å². The number of hydrogen-bond acceptors (Lipinski definition) is 3. The molecule has 4 fully saturated rings. The molecule has 3 heteroatoms. The smallest absolute Gasteiger partial charge is 0.158 e. The monoisotopic (exact) mass is 448 g/mol. The van der Waals surface area contributed by atoms with E-state index >= 15 is 0 Å². The first-order chi connectivity index (χ1) is 15.2. The lowest BCUT2D eigenvalue weighted by Gasteiger charge is -2.56. The van der Waals surface area contributed by atoms with Gasteiger partial charge in [0.1, 0.15) is 0 Å². The maximum absolute atomic E-state index is 10.4. The second kappa shape index (κ2) is 9.86. The molecule has 0 aromatic heterocycles. The van der Waals surface area contributed by atoms with Gasteiger partial charge < -0.3 is 14.6 Å². The van der Waals surface area contributed by atoms with Gasteiger partial charge in [-0.15, -0.1) is 0 Å². The average molecular weight is 449 g/mol. The Kier molecular flexibility index (Phi) is 7.70. The SMILES string of the molecule is CCO[C@H]1C[C@@H]2[C@H](CC[C@]3(C)[C@@H]([C@H](C)CCCC(C)C)CC[C@@H]23)[C@@]2(C)CC[C@H](O)C[C@@H]2O1. The summed E-state index contributed by atoms with van der Waals surface area (Å²) in [5.41, 5.74) is 0.678. The highest BCUT2D eigenvalue weighted by Crippen LogP contribution is 2.66. The highest BCUT2D eigenvalue weighted by molar-refractivity contribution is 5.09. The molecule has 1 heterocycles. The Labute approximate surface area is 198 Å². The van der Waals surface area contributed by atoms with Crippen molar-refractivity contribution in [3.8, 4) is 0 Å². The predicted molar refractivity (Wildman–Crippen MR) is 131 cm³/mol. The number of fused-ring (bicyclic) bond motifs is 5. The van der Waals surface area contributed by atoms with Crippen LogP contribution in [0.2, 0.25) is 0 Å². The molecular weight excluding hydrogens is 396 g/mol. The average Bonchev–Trinajstić information content (AvgIpc) is 3.02. The molecule has 4 aliphatic rings. The third-order valence-electron chi connectivity index (χ3n) is 10.9. The quantitative estimate of drug-likeness (QED) is 0.447. The summed E-state index contributed by atoms with van der Waals surface area (Å²) in [6.07, 6.45) is 13.5. The van der Waals surface area contributed by atoms with Gasteiger partial charge in [0.2, 0.25) is 0 Å². The molecule has 0 aromatic carbocycles. The van der Waals surface area contributed by atoms with Crippen molar-refractivity contribution in [1.82, 2.24) is 0 Å². The van der Waals surface area contributed by atoms with Crippen molar-refractivity contribution in [2.24, 2.45) is 46.3 Å². The molecule has 3 nitrogen and oxygen atoms in total. The molecule has 0 aromatic rings. The van der Waals surface area contributed by atoms with Crippen molar-refractivity contribution < 1.29 is 14.6 Å². The van der Waals surface area contributed by atoms with Crippen LogP contribution in [-0.2, 0) is 9.47 Å². The molecule has 4 rings (SSSR count). The maximum Gasteiger partial charge on any atom is 0.158 e. The molecule has 0 unspecified atom stereocenters. The zero-order valence-corrected chi connectivity index (χ0v) is 21.9. The van der Waals surface area contributed by atoms with Crippen LogP contribution in [-0.4, -0.2) is 30.2 Å². The first kappa shape index (κ1) is 25.0. The van der Waals surface area contributed by atoms with Gasteiger partial charge in [-0.3, -0.25) is 0 Å². The van der Waals surface area contributed by atoms with Crippen LogP contribution in [0.25, 0.3) is 0 Å². The Balaban J connectivity index is 1.55. The third kappa shape index (κ3) is 4.57. The lowest BCUT2D eigenvalue weighted by molar-refractivity contribution is -0.205. The number of aliphatic hydroxyl groups excluding tert-OH is 1. The zero-order valence-electron chi connectivity index (χ0n) is 21.9. The van der Waals surface area contributed by atoms with Crippen molar-refractivity contribution in [1.29, 1.82) is 0 Å². The van der Waals surface area contributed by atoms with E-state index in [4.69, 9.17) is 9.47 Å². The molecule has 1 saturated heterocycles. The summed E-state index contributed by atoms with van der Waals surface area (Å²) in [6.45, 7) is 15.3. The summed E-state index contributed by atoms with van der Waals surface area (Å²) in [4.78, 5) is 0. The summed E-state index contributed by atoms with van der Waals surface area (Å²) in [6, 6.07) is 0. The summed E-state index contributed by atoms with van der Waals surface area (Å²) in [7, 11) is 0. The minimum Gasteiger partial charge on any atom is -0.393 e. The standard InChI is InChI=1S/C29H52O3/c1-7-31-27-18-22-24-12-11-23(20(4)10-8-9-19(2)3)28(24,5)16-14-25(22)29(6)15-13-21(30)17-26(29)32-27/h19-27,30H,7-18H2,1-6H3/t20-,21+,22+,23-,24+,25+,26+,27-,28-,29-/m1/s1. The van der Waals surface area contributed by atoms with Crippen molar-refractivity contribution in [2.45, 2.75) is 131 Å². The van der Waals surface area contributed by atoms with Gasteiger partial charge >= 0.3 is 0 Å². The van der Waals surface area contributed by atoms with E-state index in [2.05, 4.69) is 41.5 Å². The van der Waals surface area contributed by atoms with Crippen molar-refractivity contribution >= 4 is 0 Å². The van der Waals surface area contributed by atoms with E-state index in [1.165, 1.54) is 44.9 Å². The first-order valence-electron chi connectivity index (χ1n) is 14.1. The molecule has 3 aliphatic carbocycles. The first-order valence-corrected chi connectivity index (χ1v) is 14.1. The van der Waals surface area contributed by atoms with Crippen LogP contribution in [0.15, 0.2) is 0 Å². The minimum absolute atomic E-state index is 0.0884. The number of ether oxygens (including phenoxy) is 2. The fourth-order valence-electron chi connectivity index (χ4n) is 9.12. The van der Waals surface area contributed by atoms with Gasteiger partial charge in [-0.1, -0.05) is 53.9 Å². The highest BCUT2D eigenvalue weighted by atomic mass is 16.7. The van der Waals surface area contributed by atoms with Crippen molar-refractivity contribution in [3.63, 3.8) is 0 Å². The Hall–Kier alpha value is -0.120. The second-order valence-electron chi connectivity index (χ2n) is 13.1. The van der Waals surface area contributed by atoms with E-state index in [-0.39, 0.29) is 23.9 Å². The second-order valence-corrected chi connectivity index (χ2v) is 13.1. The molecular formula is C29H52O3. The molecule has 1 aliphatic heterocycles. The van der Waals surface area contributed by atoms with Crippen molar-refractivity contribution in [3.05, 3.63) is 0 Å². The molecule has 186 valence electrons. The lowest BCUT2D eigenvalue weighted by Crippen LogP contribution is -2.52. The molecule has 0 amide bonds. The number of hydrogen-bond donors (Lipinski definition) is 1. The predicted octanol–water partition coefficient (Wildman–Crippen LogP) is 7.21. The van der Waals surface area contributed by atoms with E-state index in [9.17, 15) is 5.11 Å². The summed E-state index contributed by atoms with van der Waals surface area (Å²) in [5.74, 6) is 4.80. The normalized spacial score (nSPS) is 47.4. The highest BCUT2D eigenvalue weighted by Gasteiger charge is 2.61. The molecule has 10 atom stereocenters. The van der Waals surface area contributed by atoms with Gasteiger partial charge in [-0.2, -0.15) is 0 Å². The summed E-state index contributed by atoms with van der Waals surface area (Å²) < 4.78 is 12.8. The topological polar surface area (TPSA) is 38.7 Å². The van der Waals surface area contributed by atoms with Gasteiger partial charge in [0.05, 0.1) is 12.2 Å². The fourth-order valence-corrected chi connectivity index (χ4v) is 9.12. The van der Waals surface area contributed by atoms with Gasteiger partial charge in [0, 0.05) is 19.4 Å². The van der Waals surface area contributed by atoms with E-state index < -0.39 is 0 Å². The molecule has 3 saturated carbocycles. The summed E-state index contributed by atoms with van der Waals surface area (Å²) >= 11 is 0. The van der Waals surface area contributed by atoms with Crippen LogP contribution >= 0.6 is 0 Å². The third-order valence-corrected chi connectivity index (χ3v) is 10.9. The van der Waals surface area contributed by atoms with E-state index in [0.29, 0.717) is 17.9 Å². The zero-order chi connectivity index (χ0) is 23.1. The van der Waals surface area contributed by atoms with Gasteiger partial charge in [0.15, 0.2) is 6.29 Å². The number of aliphatic hydroxyl groups is 1.